The van der Waals surface area contributed by atoms with Crippen molar-refractivity contribution in [1.82, 2.24) is 0 Å². The summed E-state index contributed by atoms with van der Waals surface area (Å²) >= 11 is 0. The van der Waals surface area contributed by atoms with Gasteiger partial charge < -0.3 is 14.9 Å². The maximum absolute atomic E-state index is 14.0. The molecule has 0 saturated carbocycles. The first kappa shape index (κ1) is 23.4. The van der Waals surface area contributed by atoms with Crippen LogP contribution in [0.2, 0.25) is 0 Å². The first-order valence-electron chi connectivity index (χ1n) is 11.2. The summed E-state index contributed by atoms with van der Waals surface area (Å²) in [5.74, 6) is -0.920. The second-order valence-corrected chi connectivity index (χ2v) is 9.79. The zero-order valence-electron chi connectivity index (χ0n) is 19.8. The number of carboxylic acid groups (broad SMARTS) is 1. The summed E-state index contributed by atoms with van der Waals surface area (Å²) in [5, 5.41) is 20.5. The van der Waals surface area contributed by atoms with Crippen molar-refractivity contribution >= 4 is 17.6 Å². The highest BCUT2D eigenvalue weighted by Crippen LogP contribution is 2.44. The van der Waals surface area contributed by atoms with Crippen molar-refractivity contribution in [2.45, 2.75) is 44.6 Å². The van der Waals surface area contributed by atoms with Crippen LogP contribution in [0.4, 0.5) is 5.69 Å². The van der Waals surface area contributed by atoms with Gasteiger partial charge >= 0.3 is 5.97 Å². The van der Waals surface area contributed by atoms with Crippen LogP contribution in [0.15, 0.2) is 66.7 Å². The minimum atomic E-state index is -1.54. The van der Waals surface area contributed by atoms with Gasteiger partial charge in [0.05, 0.1) is 7.11 Å². The van der Waals surface area contributed by atoms with E-state index in [2.05, 4.69) is 20.8 Å². The molecule has 1 heterocycles. The van der Waals surface area contributed by atoms with Gasteiger partial charge in [0.1, 0.15) is 11.5 Å². The zero-order valence-corrected chi connectivity index (χ0v) is 19.8. The number of phenols is 1. The maximum Gasteiger partial charge on any atom is 0.330 e. The molecule has 0 radical (unpaired) electrons. The van der Waals surface area contributed by atoms with E-state index in [9.17, 15) is 19.8 Å². The van der Waals surface area contributed by atoms with Gasteiger partial charge in [-0.1, -0.05) is 57.2 Å². The minimum absolute atomic E-state index is 0.0308. The number of hydrogen-bond acceptors (Lipinski definition) is 4. The molecule has 1 unspecified atom stereocenters. The topological polar surface area (TPSA) is 87.1 Å². The Morgan fingerprint density at radius 3 is 2.35 bits per heavy atom. The summed E-state index contributed by atoms with van der Waals surface area (Å²) in [5.41, 5.74) is 1.47. The van der Waals surface area contributed by atoms with Crippen LogP contribution in [0.1, 0.15) is 47.8 Å². The van der Waals surface area contributed by atoms with E-state index in [-0.39, 0.29) is 24.0 Å². The van der Waals surface area contributed by atoms with E-state index in [1.54, 1.807) is 25.3 Å². The number of carbonyl (C=O) groups is 2. The molecule has 0 aromatic heterocycles. The Morgan fingerprint density at radius 1 is 1.03 bits per heavy atom. The minimum Gasteiger partial charge on any atom is -0.508 e. The number of aliphatic carboxylic acids is 1. The zero-order chi connectivity index (χ0) is 24.7. The molecule has 0 fully saturated rings. The van der Waals surface area contributed by atoms with Gasteiger partial charge in [0.15, 0.2) is 5.54 Å². The molecule has 0 saturated heterocycles. The Kier molecular flexibility index (Phi) is 5.86. The number of aromatic hydroxyl groups is 1. The number of amides is 1. The summed E-state index contributed by atoms with van der Waals surface area (Å²) < 4.78 is 5.59. The first-order chi connectivity index (χ1) is 16.1. The van der Waals surface area contributed by atoms with E-state index in [0.717, 1.165) is 11.1 Å². The normalized spacial score (nSPS) is 17.4. The summed E-state index contributed by atoms with van der Waals surface area (Å²) in [6, 6.07) is 19.2. The number of phenolic OH excluding ortho intramolecular Hbond substituents is 1. The number of rotatable bonds is 5. The largest absolute Gasteiger partial charge is 0.508 e. The number of carbonyl (C=O) groups excluding carboxylic acids is 1. The van der Waals surface area contributed by atoms with Gasteiger partial charge in [-0.15, -0.1) is 0 Å². The molecule has 34 heavy (non-hydrogen) atoms. The molecule has 2 N–H and O–H groups in total. The van der Waals surface area contributed by atoms with Crippen molar-refractivity contribution in [3.05, 3.63) is 89.0 Å². The number of ether oxygens (including phenoxy) is 1. The molecule has 1 aliphatic heterocycles. The molecule has 6 nitrogen and oxygen atoms in total. The van der Waals surface area contributed by atoms with Crippen molar-refractivity contribution in [3.8, 4) is 11.5 Å². The smallest absolute Gasteiger partial charge is 0.330 e. The van der Waals surface area contributed by atoms with Crippen LogP contribution in [-0.4, -0.2) is 34.7 Å². The fraction of sp³-hybridized carbons (Fsp3) is 0.286. The number of anilines is 1. The van der Waals surface area contributed by atoms with Gasteiger partial charge in [0.2, 0.25) is 0 Å². The van der Waals surface area contributed by atoms with E-state index in [1.807, 2.05) is 36.4 Å². The summed E-state index contributed by atoms with van der Waals surface area (Å²) in [7, 11) is 1.56. The molecule has 176 valence electrons. The number of hydrogen-bond donors (Lipinski definition) is 2. The Labute approximate surface area is 199 Å². The van der Waals surface area contributed by atoms with Gasteiger partial charge in [0, 0.05) is 24.1 Å². The lowest BCUT2D eigenvalue weighted by atomic mass is 9.85. The third-order valence-corrected chi connectivity index (χ3v) is 6.41. The molecule has 0 aliphatic carbocycles. The second-order valence-electron chi connectivity index (χ2n) is 9.79. The van der Waals surface area contributed by atoms with Crippen LogP contribution in [0.5, 0.6) is 11.5 Å². The van der Waals surface area contributed by atoms with Crippen molar-refractivity contribution in [1.29, 1.82) is 0 Å². The number of fused-ring (bicyclic) bond motifs is 1. The van der Waals surface area contributed by atoms with E-state index in [4.69, 9.17) is 4.74 Å². The number of carboxylic acids is 1. The van der Waals surface area contributed by atoms with Crippen LogP contribution < -0.4 is 9.64 Å². The third-order valence-electron chi connectivity index (χ3n) is 6.41. The average Bonchev–Trinajstić information content (AvgIpc) is 3.12. The highest BCUT2D eigenvalue weighted by Gasteiger charge is 2.53. The lowest BCUT2D eigenvalue weighted by Gasteiger charge is -2.35. The summed E-state index contributed by atoms with van der Waals surface area (Å²) in [4.78, 5) is 28.2. The van der Waals surface area contributed by atoms with E-state index in [1.165, 1.54) is 17.0 Å². The Balaban J connectivity index is 1.87. The molecule has 3 aromatic rings. The molecule has 1 amide bonds. The highest BCUT2D eigenvalue weighted by atomic mass is 16.5. The van der Waals surface area contributed by atoms with E-state index >= 15 is 0 Å². The van der Waals surface area contributed by atoms with E-state index < -0.39 is 17.4 Å². The monoisotopic (exact) mass is 459 g/mol. The number of benzene rings is 3. The Morgan fingerprint density at radius 2 is 1.74 bits per heavy atom. The SMILES string of the molecule is COc1cc(C(=O)N2c3ccc(O)cc3CC2(Cc2ccccc2)C(=O)O)ccc1C(C)(C)C. The summed E-state index contributed by atoms with van der Waals surface area (Å²) in [6.07, 6.45) is 0.214. The quantitative estimate of drug-likeness (QED) is 0.563. The van der Waals surface area contributed by atoms with Gasteiger partial charge in [-0.05, 0) is 52.4 Å². The van der Waals surface area contributed by atoms with Gasteiger partial charge in [-0.25, -0.2) is 4.79 Å². The van der Waals surface area contributed by atoms with Gasteiger partial charge in [0.25, 0.3) is 5.91 Å². The Hall–Kier alpha value is -3.80. The predicted molar refractivity (Wildman–Crippen MR) is 131 cm³/mol. The fourth-order valence-corrected chi connectivity index (χ4v) is 4.76. The second kappa shape index (κ2) is 8.52. The van der Waals surface area contributed by atoms with Crippen molar-refractivity contribution in [3.63, 3.8) is 0 Å². The number of nitrogens with zero attached hydrogens (tertiary/aromatic N) is 1. The maximum atomic E-state index is 14.0. The molecule has 3 aromatic carbocycles. The third kappa shape index (κ3) is 4.00. The van der Waals surface area contributed by atoms with E-state index in [0.29, 0.717) is 22.6 Å². The molecular formula is C28H29NO5. The van der Waals surface area contributed by atoms with Crippen LogP contribution in [0.25, 0.3) is 0 Å². The average molecular weight is 460 g/mol. The van der Waals surface area contributed by atoms with Gasteiger partial charge in [-0.2, -0.15) is 0 Å². The first-order valence-corrected chi connectivity index (χ1v) is 11.2. The van der Waals surface area contributed by atoms with Crippen molar-refractivity contribution < 1.29 is 24.5 Å². The highest BCUT2D eigenvalue weighted by molar-refractivity contribution is 6.13. The van der Waals surface area contributed by atoms with Gasteiger partial charge in [-0.3, -0.25) is 9.69 Å². The predicted octanol–water partition coefficient (Wildman–Crippen LogP) is 4.97. The van der Waals surface area contributed by atoms with Crippen molar-refractivity contribution in [2.24, 2.45) is 0 Å². The van der Waals surface area contributed by atoms with Crippen LogP contribution in [0, 0.1) is 0 Å². The molecule has 6 heteroatoms. The lowest BCUT2D eigenvalue weighted by molar-refractivity contribution is -0.143. The van der Waals surface area contributed by atoms with Crippen LogP contribution in [0.3, 0.4) is 0 Å². The molecule has 0 bridgehead atoms. The number of methoxy groups -OCH3 is 1. The Bertz CT molecular complexity index is 1250. The van der Waals surface area contributed by atoms with Crippen LogP contribution >= 0.6 is 0 Å². The summed E-state index contributed by atoms with van der Waals surface area (Å²) in [6.45, 7) is 6.18. The standard InChI is InChI=1S/C28H29NO5/c1-27(2,3)22-12-10-19(15-24(22)34-4)25(31)29-23-13-11-21(30)14-20(23)17-28(29,26(32)33)16-18-8-6-5-7-9-18/h5-15,30H,16-17H2,1-4H3,(H,32,33). The lowest BCUT2D eigenvalue weighted by Crippen LogP contribution is -2.57. The molecule has 1 atom stereocenters. The molecular weight excluding hydrogens is 430 g/mol. The van der Waals surface area contributed by atoms with Crippen LogP contribution in [-0.2, 0) is 23.1 Å². The fourth-order valence-electron chi connectivity index (χ4n) is 4.76. The molecule has 4 rings (SSSR count). The molecule has 0 spiro atoms. The van der Waals surface area contributed by atoms with Crippen molar-refractivity contribution in [2.75, 3.05) is 12.0 Å². The molecule has 1 aliphatic rings.